The Morgan fingerprint density at radius 1 is 0.875 bits per heavy atom. The third-order valence-corrected chi connectivity index (χ3v) is 3.97. The first-order chi connectivity index (χ1) is 7.90. The summed E-state index contributed by atoms with van der Waals surface area (Å²) in [6.07, 6.45) is 0. The van der Waals surface area contributed by atoms with Crippen molar-refractivity contribution in [3.63, 3.8) is 0 Å². The van der Waals surface area contributed by atoms with E-state index < -0.39 is 0 Å². The van der Waals surface area contributed by atoms with Crippen LogP contribution in [0.1, 0.15) is 5.56 Å². The molecule has 0 amide bonds. The SMILES string of the molecule is Br/C=C(/Sc1ccccc1)c1ccccc1. The van der Waals surface area contributed by atoms with Gasteiger partial charge in [-0.25, -0.2) is 0 Å². The van der Waals surface area contributed by atoms with Crippen molar-refractivity contribution in [2.75, 3.05) is 0 Å². The van der Waals surface area contributed by atoms with E-state index in [0.29, 0.717) is 0 Å². The predicted molar refractivity (Wildman–Crippen MR) is 75.6 cm³/mol. The van der Waals surface area contributed by atoms with Gasteiger partial charge < -0.3 is 0 Å². The summed E-state index contributed by atoms with van der Waals surface area (Å²) >= 11 is 5.18. The standard InChI is InChI=1S/C14H11BrS/c15-11-14(12-7-3-1-4-8-12)16-13-9-5-2-6-10-13/h1-11H/b14-11+. The second-order valence-corrected chi connectivity index (χ2v) is 4.83. The molecule has 80 valence electrons. The van der Waals surface area contributed by atoms with E-state index >= 15 is 0 Å². The van der Waals surface area contributed by atoms with Crippen LogP contribution in [0.15, 0.2) is 70.5 Å². The first-order valence-corrected chi connectivity index (χ1v) is 6.72. The first-order valence-electron chi connectivity index (χ1n) is 4.99. The quantitative estimate of drug-likeness (QED) is 0.703. The lowest BCUT2D eigenvalue weighted by molar-refractivity contribution is 1.47. The van der Waals surface area contributed by atoms with Crippen molar-refractivity contribution >= 4 is 32.6 Å². The van der Waals surface area contributed by atoms with Crippen LogP contribution in [0.4, 0.5) is 0 Å². The maximum atomic E-state index is 3.43. The summed E-state index contributed by atoms with van der Waals surface area (Å²) in [7, 11) is 0. The summed E-state index contributed by atoms with van der Waals surface area (Å²) in [6, 6.07) is 20.7. The van der Waals surface area contributed by atoms with Gasteiger partial charge in [-0.2, -0.15) is 0 Å². The molecule has 2 aromatic rings. The van der Waals surface area contributed by atoms with Crippen LogP contribution in [0, 0.1) is 0 Å². The van der Waals surface area contributed by atoms with Crippen LogP contribution in [-0.2, 0) is 0 Å². The fourth-order valence-electron chi connectivity index (χ4n) is 1.36. The summed E-state index contributed by atoms with van der Waals surface area (Å²) in [5, 5.41) is 0. The van der Waals surface area contributed by atoms with Crippen LogP contribution >= 0.6 is 27.7 Å². The van der Waals surface area contributed by atoms with Gasteiger partial charge in [-0.15, -0.1) is 0 Å². The predicted octanol–water partition coefficient (Wildman–Crippen LogP) is 5.17. The molecule has 0 heterocycles. The van der Waals surface area contributed by atoms with E-state index in [4.69, 9.17) is 0 Å². The van der Waals surface area contributed by atoms with Crippen LogP contribution < -0.4 is 0 Å². The fraction of sp³-hybridized carbons (Fsp3) is 0. The van der Waals surface area contributed by atoms with Crippen LogP contribution in [0.3, 0.4) is 0 Å². The fourth-order valence-corrected chi connectivity index (χ4v) is 2.75. The monoisotopic (exact) mass is 290 g/mol. The zero-order valence-electron chi connectivity index (χ0n) is 8.64. The molecule has 2 rings (SSSR count). The van der Waals surface area contributed by atoms with Crippen LogP contribution in [-0.4, -0.2) is 0 Å². The number of hydrogen-bond acceptors (Lipinski definition) is 1. The lowest BCUT2D eigenvalue weighted by Gasteiger charge is -2.05. The maximum absolute atomic E-state index is 3.43. The highest BCUT2D eigenvalue weighted by molar-refractivity contribution is 9.11. The van der Waals surface area contributed by atoms with Gasteiger partial charge in [0.25, 0.3) is 0 Å². The van der Waals surface area contributed by atoms with Gasteiger partial charge in [0.15, 0.2) is 0 Å². The Balaban J connectivity index is 2.20. The number of hydrogen-bond donors (Lipinski definition) is 0. The highest BCUT2D eigenvalue weighted by Gasteiger charge is 2.02. The Morgan fingerprint density at radius 2 is 1.44 bits per heavy atom. The maximum Gasteiger partial charge on any atom is 0.0263 e. The van der Waals surface area contributed by atoms with E-state index in [0.717, 1.165) is 0 Å². The highest BCUT2D eigenvalue weighted by atomic mass is 79.9. The lowest BCUT2D eigenvalue weighted by Crippen LogP contribution is -1.78. The summed E-state index contributed by atoms with van der Waals surface area (Å²) in [6.45, 7) is 0. The zero-order valence-corrected chi connectivity index (χ0v) is 11.0. The molecule has 0 atom stereocenters. The molecule has 0 aliphatic rings. The largest absolute Gasteiger partial charge is 0.0889 e. The second kappa shape index (κ2) is 5.92. The molecule has 0 aliphatic heterocycles. The molecule has 0 N–H and O–H groups in total. The molecule has 0 saturated heterocycles. The van der Waals surface area contributed by atoms with E-state index in [9.17, 15) is 0 Å². The summed E-state index contributed by atoms with van der Waals surface area (Å²) in [4.78, 5) is 4.43. The van der Waals surface area contributed by atoms with Gasteiger partial charge >= 0.3 is 0 Å². The smallest absolute Gasteiger partial charge is 0.0263 e. The molecular formula is C14H11BrS. The summed E-state index contributed by atoms with van der Waals surface area (Å²) in [5.41, 5.74) is 1.23. The average molecular weight is 291 g/mol. The first kappa shape index (κ1) is 11.5. The molecule has 0 aromatic heterocycles. The van der Waals surface area contributed by atoms with Crippen molar-refractivity contribution in [2.24, 2.45) is 0 Å². The third-order valence-electron chi connectivity index (χ3n) is 2.13. The van der Waals surface area contributed by atoms with Crippen LogP contribution in [0.25, 0.3) is 4.91 Å². The van der Waals surface area contributed by atoms with Gasteiger partial charge in [-0.3, -0.25) is 0 Å². The second-order valence-electron chi connectivity index (χ2n) is 3.25. The molecular weight excluding hydrogens is 280 g/mol. The van der Waals surface area contributed by atoms with Crippen LogP contribution in [0.5, 0.6) is 0 Å². The van der Waals surface area contributed by atoms with E-state index in [1.807, 2.05) is 17.1 Å². The molecule has 0 fully saturated rings. The van der Waals surface area contributed by atoms with Crippen molar-refractivity contribution in [3.05, 3.63) is 71.2 Å². The summed E-state index contributed by atoms with van der Waals surface area (Å²) in [5.74, 6) is 0. The Hall–Kier alpha value is -0.990. The number of benzene rings is 2. The van der Waals surface area contributed by atoms with Crippen molar-refractivity contribution in [1.29, 1.82) is 0 Å². The van der Waals surface area contributed by atoms with Gasteiger partial charge in [0, 0.05) is 9.80 Å². The van der Waals surface area contributed by atoms with E-state index in [1.165, 1.54) is 15.4 Å². The van der Waals surface area contributed by atoms with E-state index in [-0.39, 0.29) is 0 Å². The molecule has 16 heavy (non-hydrogen) atoms. The van der Waals surface area contributed by atoms with Gasteiger partial charge in [0.2, 0.25) is 0 Å². The minimum Gasteiger partial charge on any atom is -0.0889 e. The zero-order chi connectivity index (χ0) is 11.2. The molecule has 2 heteroatoms. The highest BCUT2D eigenvalue weighted by Crippen LogP contribution is 2.34. The number of rotatable bonds is 3. The Morgan fingerprint density at radius 3 is 2.00 bits per heavy atom. The van der Waals surface area contributed by atoms with Crippen molar-refractivity contribution in [2.45, 2.75) is 4.90 Å². The minimum atomic E-state index is 1.21. The topological polar surface area (TPSA) is 0 Å². The summed E-state index contributed by atoms with van der Waals surface area (Å²) < 4.78 is 0. The number of halogens is 1. The molecule has 0 radical (unpaired) electrons. The Kier molecular flexibility index (Phi) is 4.25. The van der Waals surface area contributed by atoms with E-state index in [2.05, 4.69) is 64.5 Å². The minimum absolute atomic E-state index is 1.21. The van der Waals surface area contributed by atoms with Gasteiger partial charge in [0.1, 0.15) is 0 Å². The van der Waals surface area contributed by atoms with Gasteiger partial charge in [-0.1, -0.05) is 76.2 Å². The molecule has 0 unspecified atom stereocenters. The van der Waals surface area contributed by atoms with Crippen LogP contribution in [0.2, 0.25) is 0 Å². The molecule has 0 spiro atoms. The van der Waals surface area contributed by atoms with Crippen molar-refractivity contribution in [3.8, 4) is 0 Å². The Bertz CT molecular complexity index is 463. The molecule has 0 nitrogen and oxygen atoms in total. The van der Waals surface area contributed by atoms with E-state index in [1.54, 1.807) is 11.8 Å². The molecule has 0 bridgehead atoms. The normalized spacial score (nSPS) is 11.4. The third kappa shape index (κ3) is 3.00. The van der Waals surface area contributed by atoms with Gasteiger partial charge in [0.05, 0.1) is 0 Å². The average Bonchev–Trinajstić information content (AvgIpc) is 2.38. The van der Waals surface area contributed by atoms with Crippen molar-refractivity contribution in [1.82, 2.24) is 0 Å². The molecule has 0 saturated carbocycles. The molecule has 2 aromatic carbocycles. The number of thioether (sulfide) groups is 1. The molecule has 0 aliphatic carbocycles. The van der Waals surface area contributed by atoms with Crippen molar-refractivity contribution < 1.29 is 0 Å². The lowest BCUT2D eigenvalue weighted by atomic mass is 10.2. The Labute approximate surface area is 109 Å². The van der Waals surface area contributed by atoms with Gasteiger partial charge in [-0.05, 0) is 22.7 Å².